The molecule has 0 saturated carbocycles. The highest BCUT2D eigenvalue weighted by Gasteiger charge is 2.11. The van der Waals surface area contributed by atoms with Crippen molar-refractivity contribution >= 4 is 12.0 Å². The molecule has 1 unspecified atom stereocenters. The zero-order chi connectivity index (χ0) is 15.8. The molecule has 22 heavy (non-hydrogen) atoms. The molecule has 1 aliphatic carbocycles. The third-order valence-electron chi connectivity index (χ3n) is 3.68. The predicted octanol–water partition coefficient (Wildman–Crippen LogP) is 3.62. The first kappa shape index (κ1) is 16.1. The van der Waals surface area contributed by atoms with E-state index in [-0.39, 0.29) is 5.97 Å². The highest BCUT2D eigenvalue weighted by Crippen LogP contribution is 2.25. The minimum atomic E-state index is -0.326. The predicted molar refractivity (Wildman–Crippen MR) is 86.0 cm³/mol. The van der Waals surface area contributed by atoms with Gasteiger partial charge in [-0.3, -0.25) is 0 Å². The number of ether oxygens (including phenoxy) is 3. The van der Waals surface area contributed by atoms with Crippen LogP contribution in [-0.2, 0) is 9.53 Å². The summed E-state index contributed by atoms with van der Waals surface area (Å²) in [6, 6.07) is 5.44. The molecule has 1 atom stereocenters. The van der Waals surface area contributed by atoms with Crippen molar-refractivity contribution in [2.45, 2.75) is 19.3 Å². The summed E-state index contributed by atoms with van der Waals surface area (Å²) in [5.41, 5.74) is 0.806. The van der Waals surface area contributed by atoms with Gasteiger partial charge in [-0.1, -0.05) is 12.2 Å². The second-order valence-electron chi connectivity index (χ2n) is 5.22. The van der Waals surface area contributed by atoms with Gasteiger partial charge in [-0.05, 0) is 43.4 Å². The van der Waals surface area contributed by atoms with Gasteiger partial charge >= 0.3 is 5.97 Å². The first-order chi connectivity index (χ1) is 10.7. The Kier molecular flexibility index (Phi) is 6.07. The van der Waals surface area contributed by atoms with E-state index < -0.39 is 0 Å². The summed E-state index contributed by atoms with van der Waals surface area (Å²) in [6.07, 6.45) is 10.6. The van der Waals surface area contributed by atoms with E-state index in [1.165, 1.54) is 6.08 Å². The minimum Gasteiger partial charge on any atom is -0.497 e. The monoisotopic (exact) mass is 302 g/mol. The Bertz CT molecular complexity index is 560. The number of benzene rings is 1. The molecule has 2 rings (SSSR count). The summed E-state index contributed by atoms with van der Waals surface area (Å²) in [7, 11) is 3.18. The molecule has 0 spiro atoms. The van der Waals surface area contributed by atoms with E-state index in [9.17, 15) is 4.79 Å². The molecular formula is C18H22O4. The van der Waals surface area contributed by atoms with Crippen molar-refractivity contribution in [3.63, 3.8) is 0 Å². The summed E-state index contributed by atoms with van der Waals surface area (Å²) in [5.74, 6) is 1.48. The van der Waals surface area contributed by atoms with Crippen LogP contribution in [0, 0.1) is 5.92 Å². The lowest BCUT2D eigenvalue weighted by Gasteiger charge is -2.16. The smallest absolute Gasteiger partial charge is 0.330 e. The maximum atomic E-state index is 11.8. The zero-order valence-corrected chi connectivity index (χ0v) is 13.1. The number of hydrogen-bond donors (Lipinski definition) is 0. The number of esters is 1. The SMILES string of the molecule is COc1ccc(/C=C/C(=O)OCC2CC=CCC2)c(OC)c1. The highest BCUT2D eigenvalue weighted by atomic mass is 16.5. The summed E-state index contributed by atoms with van der Waals surface area (Å²) in [6.45, 7) is 0.479. The van der Waals surface area contributed by atoms with Crippen LogP contribution in [0.4, 0.5) is 0 Å². The van der Waals surface area contributed by atoms with Crippen LogP contribution in [0.2, 0.25) is 0 Å². The Labute approximate surface area is 131 Å². The largest absolute Gasteiger partial charge is 0.497 e. The van der Waals surface area contributed by atoms with E-state index in [1.807, 2.05) is 12.1 Å². The van der Waals surface area contributed by atoms with E-state index >= 15 is 0 Å². The van der Waals surface area contributed by atoms with E-state index in [0.717, 1.165) is 24.8 Å². The third kappa shape index (κ3) is 4.65. The molecule has 4 nitrogen and oxygen atoms in total. The summed E-state index contributed by atoms with van der Waals surface area (Å²) >= 11 is 0. The lowest BCUT2D eigenvalue weighted by atomic mass is 9.95. The van der Waals surface area contributed by atoms with Gasteiger partial charge in [0.25, 0.3) is 0 Å². The van der Waals surface area contributed by atoms with Gasteiger partial charge in [0.15, 0.2) is 0 Å². The van der Waals surface area contributed by atoms with Gasteiger partial charge < -0.3 is 14.2 Å². The van der Waals surface area contributed by atoms with E-state index in [2.05, 4.69) is 12.2 Å². The molecule has 0 N–H and O–H groups in total. The lowest BCUT2D eigenvalue weighted by molar-refractivity contribution is -0.139. The molecule has 0 saturated heterocycles. The Morgan fingerprint density at radius 1 is 1.27 bits per heavy atom. The van der Waals surface area contributed by atoms with Crippen LogP contribution in [0.1, 0.15) is 24.8 Å². The van der Waals surface area contributed by atoms with Gasteiger partial charge in [0.2, 0.25) is 0 Å². The summed E-state index contributed by atoms with van der Waals surface area (Å²) in [4.78, 5) is 11.8. The molecule has 4 heteroatoms. The van der Waals surface area contributed by atoms with Crippen LogP contribution < -0.4 is 9.47 Å². The van der Waals surface area contributed by atoms with Crippen molar-refractivity contribution in [3.05, 3.63) is 42.0 Å². The topological polar surface area (TPSA) is 44.8 Å². The molecular weight excluding hydrogens is 280 g/mol. The molecule has 1 aromatic rings. The second kappa shape index (κ2) is 8.27. The van der Waals surface area contributed by atoms with Crippen molar-refractivity contribution in [2.24, 2.45) is 5.92 Å². The Hall–Kier alpha value is -2.23. The zero-order valence-electron chi connectivity index (χ0n) is 13.1. The first-order valence-electron chi connectivity index (χ1n) is 7.44. The third-order valence-corrected chi connectivity index (χ3v) is 3.68. The molecule has 0 fully saturated rings. The number of allylic oxidation sites excluding steroid dienone is 2. The Morgan fingerprint density at radius 3 is 2.82 bits per heavy atom. The first-order valence-corrected chi connectivity index (χ1v) is 7.44. The van der Waals surface area contributed by atoms with E-state index in [4.69, 9.17) is 14.2 Å². The molecule has 1 aliphatic rings. The maximum Gasteiger partial charge on any atom is 0.330 e. The number of rotatable bonds is 6. The van der Waals surface area contributed by atoms with Crippen LogP contribution in [0.15, 0.2) is 36.4 Å². The fraction of sp³-hybridized carbons (Fsp3) is 0.389. The minimum absolute atomic E-state index is 0.326. The van der Waals surface area contributed by atoms with Crippen LogP contribution in [-0.4, -0.2) is 26.8 Å². The van der Waals surface area contributed by atoms with Gasteiger partial charge in [-0.15, -0.1) is 0 Å². The van der Waals surface area contributed by atoms with Gasteiger partial charge in [0, 0.05) is 17.7 Å². The van der Waals surface area contributed by atoms with Gasteiger partial charge in [0.05, 0.1) is 20.8 Å². The van der Waals surface area contributed by atoms with Crippen molar-refractivity contribution in [3.8, 4) is 11.5 Å². The molecule has 0 radical (unpaired) electrons. The maximum absolute atomic E-state index is 11.8. The van der Waals surface area contributed by atoms with Gasteiger partial charge in [-0.25, -0.2) is 4.79 Å². The molecule has 0 aliphatic heterocycles. The Balaban J connectivity index is 1.90. The summed E-state index contributed by atoms with van der Waals surface area (Å²) in [5, 5.41) is 0. The van der Waals surface area contributed by atoms with E-state index in [0.29, 0.717) is 24.0 Å². The molecule has 0 aromatic heterocycles. The van der Waals surface area contributed by atoms with Crippen LogP contribution >= 0.6 is 0 Å². The fourth-order valence-electron chi connectivity index (χ4n) is 2.37. The normalized spacial score (nSPS) is 17.5. The number of hydrogen-bond acceptors (Lipinski definition) is 4. The summed E-state index contributed by atoms with van der Waals surface area (Å²) < 4.78 is 15.7. The van der Waals surface area contributed by atoms with Crippen LogP contribution in [0.5, 0.6) is 11.5 Å². The highest BCUT2D eigenvalue weighted by molar-refractivity contribution is 5.87. The second-order valence-corrected chi connectivity index (χ2v) is 5.22. The lowest BCUT2D eigenvalue weighted by Crippen LogP contribution is -2.13. The molecule has 0 amide bonds. The average molecular weight is 302 g/mol. The van der Waals surface area contributed by atoms with Gasteiger partial charge in [0.1, 0.15) is 11.5 Å². The average Bonchev–Trinajstić information content (AvgIpc) is 2.58. The molecule has 1 aromatic carbocycles. The number of carbonyl (C=O) groups excluding carboxylic acids is 1. The van der Waals surface area contributed by atoms with Crippen LogP contribution in [0.3, 0.4) is 0 Å². The van der Waals surface area contributed by atoms with Crippen molar-refractivity contribution in [1.29, 1.82) is 0 Å². The number of methoxy groups -OCH3 is 2. The van der Waals surface area contributed by atoms with E-state index in [1.54, 1.807) is 26.4 Å². The van der Waals surface area contributed by atoms with Crippen molar-refractivity contribution in [2.75, 3.05) is 20.8 Å². The fourth-order valence-corrected chi connectivity index (χ4v) is 2.37. The van der Waals surface area contributed by atoms with Crippen LogP contribution in [0.25, 0.3) is 6.08 Å². The molecule has 0 bridgehead atoms. The van der Waals surface area contributed by atoms with Crippen molar-refractivity contribution in [1.82, 2.24) is 0 Å². The number of carbonyl (C=O) groups is 1. The molecule has 118 valence electrons. The quantitative estimate of drug-likeness (QED) is 0.457. The Morgan fingerprint density at radius 2 is 2.14 bits per heavy atom. The van der Waals surface area contributed by atoms with Crippen molar-refractivity contribution < 1.29 is 19.0 Å². The molecule has 0 heterocycles. The standard InChI is InChI=1S/C18H22O4/c1-20-16-10-8-15(17(12-16)21-2)9-11-18(19)22-13-14-6-4-3-5-7-14/h3-4,8-12,14H,5-7,13H2,1-2H3/b11-9+. The van der Waals surface area contributed by atoms with Gasteiger partial charge in [-0.2, -0.15) is 0 Å².